The number of carbonyl (C=O) groups excluding carboxylic acids is 2. The Bertz CT molecular complexity index is 928. The number of hydrogen-bond donors (Lipinski definition) is 1. The molecule has 162 valence electrons. The number of methoxy groups -OCH3 is 1. The van der Waals surface area contributed by atoms with Crippen molar-refractivity contribution in [2.45, 2.75) is 50.8 Å². The highest BCUT2D eigenvalue weighted by Crippen LogP contribution is 2.74. The van der Waals surface area contributed by atoms with Gasteiger partial charge in [-0.2, -0.15) is 0 Å². The SMILES string of the molecule is CO[C@]12OC[C@@H]3[C@H]1[C@@](C)(OO)C1=CC=C4C(=O)CC[C@H]4[C@@]1(C2=O)[C@H]3/C=C/[Si](C)(C)C. The lowest BCUT2D eigenvalue weighted by Gasteiger charge is -2.65. The average molecular weight is 431 g/mol. The quantitative estimate of drug-likeness (QED) is 0.419. The molecule has 1 N–H and O–H groups in total. The summed E-state index contributed by atoms with van der Waals surface area (Å²) in [7, 11) is -0.0519. The van der Waals surface area contributed by atoms with E-state index >= 15 is 0 Å². The molecule has 1 aliphatic heterocycles. The molecule has 5 aliphatic carbocycles. The monoisotopic (exact) mass is 430 g/mol. The third kappa shape index (κ3) is 2.13. The highest BCUT2D eigenvalue weighted by Gasteiger charge is 2.83. The average Bonchev–Trinajstić information content (AvgIpc) is 3.26. The molecular formula is C23H30O6Si. The Morgan fingerprint density at radius 2 is 2.00 bits per heavy atom. The van der Waals surface area contributed by atoms with Crippen molar-refractivity contribution >= 4 is 19.6 Å². The summed E-state index contributed by atoms with van der Waals surface area (Å²) in [4.78, 5) is 32.2. The summed E-state index contributed by atoms with van der Waals surface area (Å²) in [5.74, 6) is -2.37. The fraction of sp³-hybridized carbons (Fsp3) is 0.652. The number of carbonyl (C=O) groups is 2. The summed E-state index contributed by atoms with van der Waals surface area (Å²) in [6, 6.07) is 0. The van der Waals surface area contributed by atoms with Crippen LogP contribution in [0, 0.1) is 29.1 Å². The molecule has 0 unspecified atom stereocenters. The van der Waals surface area contributed by atoms with Gasteiger partial charge in [0.05, 0.1) is 26.0 Å². The van der Waals surface area contributed by atoms with E-state index in [1.54, 1.807) is 0 Å². The first-order valence-electron chi connectivity index (χ1n) is 10.8. The van der Waals surface area contributed by atoms with E-state index < -0.39 is 30.8 Å². The Labute approximate surface area is 177 Å². The van der Waals surface area contributed by atoms with Crippen LogP contribution in [-0.4, -0.2) is 50.0 Å². The van der Waals surface area contributed by atoms with Gasteiger partial charge in [0, 0.05) is 25.4 Å². The number of allylic oxidation sites excluding steroid dienone is 4. The molecule has 4 bridgehead atoms. The number of ketones is 2. The van der Waals surface area contributed by atoms with Crippen LogP contribution >= 0.6 is 0 Å². The summed E-state index contributed by atoms with van der Waals surface area (Å²) in [5, 5.41) is 10.1. The van der Waals surface area contributed by atoms with Crippen LogP contribution < -0.4 is 0 Å². The van der Waals surface area contributed by atoms with E-state index in [9.17, 15) is 14.8 Å². The highest BCUT2D eigenvalue weighted by atomic mass is 28.3. The van der Waals surface area contributed by atoms with Crippen molar-refractivity contribution in [2.24, 2.45) is 29.1 Å². The normalized spacial score (nSPS) is 46.9. The van der Waals surface area contributed by atoms with Gasteiger partial charge in [-0.1, -0.05) is 43.6 Å². The van der Waals surface area contributed by atoms with E-state index in [1.165, 1.54) is 7.11 Å². The number of Topliss-reactive ketones (excluding diaryl/α,β-unsaturated/α-hetero) is 2. The van der Waals surface area contributed by atoms with Gasteiger partial charge in [-0.25, -0.2) is 4.89 Å². The molecule has 1 heterocycles. The van der Waals surface area contributed by atoms with E-state index in [0.29, 0.717) is 25.0 Å². The zero-order valence-corrected chi connectivity index (χ0v) is 19.2. The van der Waals surface area contributed by atoms with Crippen molar-refractivity contribution in [3.8, 4) is 0 Å². The summed E-state index contributed by atoms with van der Waals surface area (Å²) in [5.41, 5.74) is 1.63. The van der Waals surface area contributed by atoms with Gasteiger partial charge in [-0.3, -0.25) is 14.8 Å². The van der Waals surface area contributed by atoms with Crippen molar-refractivity contribution in [3.63, 3.8) is 0 Å². The molecule has 0 radical (unpaired) electrons. The Balaban J connectivity index is 1.82. The van der Waals surface area contributed by atoms with Crippen LogP contribution in [-0.2, 0) is 24.0 Å². The first-order valence-corrected chi connectivity index (χ1v) is 14.4. The van der Waals surface area contributed by atoms with Gasteiger partial charge < -0.3 is 9.47 Å². The van der Waals surface area contributed by atoms with E-state index in [1.807, 2.05) is 19.1 Å². The van der Waals surface area contributed by atoms with Gasteiger partial charge in [-0.15, -0.1) is 0 Å². The van der Waals surface area contributed by atoms with Crippen LogP contribution in [0.1, 0.15) is 19.8 Å². The second kappa shape index (κ2) is 6.10. The van der Waals surface area contributed by atoms with Crippen molar-refractivity contribution in [1.82, 2.24) is 0 Å². The summed E-state index contributed by atoms with van der Waals surface area (Å²) in [6.07, 6.45) is 6.96. The number of ether oxygens (including phenoxy) is 2. The van der Waals surface area contributed by atoms with E-state index in [2.05, 4.69) is 31.4 Å². The largest absolute Gasteiger partial charge is 0.347 e. The lowest BCUT2D eigenvalue weighted by atomic mass is 9.38. The van der Waals surface area contributed by atoms with Crippen molar-refractivity contribution in [1.29, 1.82) is 0 Å². The molecule has 30 heavy (non-hydrogen) atoms. The summed E-state index contributed by atoms with van der Waals surface area (Å²) in [6.45, 7) is 8.97. The zero-order valence-electron chi connectivity index (χ0n) is 18.2. The van der Waals surface area contributed by atoms with Gasteiger partial charge in [0.15, 0.2) is 5.78 Å². The maximum absolute atomic E-state index is 14.4. The second-order valence-electron chi connectivity index (χ2n) is 10.7. The number of hydrogen-bond acceptors (Lipinski definition) is 6. The van der Waals surface area contributed by atoms with Crippen LogP contribution in [0.3, 0.4) is 0 Å². The van der Waals surface area contributed by atoms with Crippen molar-refractivity contribution in [3.05, 3.63) is 35.1 Å². The highest BCUT2D eigenvalue weighted by molar-refractivity contribution is 6.80. The molecule has 1 spiro atoms. The maximum atomic E-state index is 14.4. The Morgan fingerprint density at radius 1 is 1.27 bits per heavy atom. The molecule has 6 aliphatic rings. The first kappa shape index (κ1) is 20.5. The van der Waals surface area contributed by atoms with E-state index in [-0.39, 0.29) is 29.3 Å². The minimum Gasteiger partial charge on any atom is -0.347 e. The minimum absolute atomic E-state index is 0.0559. The predicted molar refractivity (Wildman–Crippen MR) is 112 cm³/mol. The summed E-state index contributed by atoms with van der Waals surface area (Å²) < 4.78 is 11.9. The molecule has 0 aromatic carbocycles. The van der Waals surface area contributed by atoms with E-state index in [4.69, 9.17) is 14.4 Å². The van der Waals surface area contributed by atoms with Crippen molar-refractivity contribution < 1.29 is 29.2 Å². The van der Waals surface area contributed by atoms with E-state index in [0.717, 1.165) is 5.57 Å². The third-order valence-electron chi connectivity index (χ3n) is 8.21. The fourth-order valence-electron chi connectivity index (χ4n) is 7.21. The maximum Gasteiger partial charge on any atom is 0.236 e. The smallest absolute Gasteiger partial charge is 0.236 e. The topological polar surface area (TPSA) is 82.1 Å². The van der Waals surface area contributed by atoms with Crippen molar-refractivity contribution in [2.75, 3.05) is 13.7 Å². The standard InChI is InChI=1S/C23H30O6Si/c1-21(29-26)18-9-6-13-15(7-8-17(13)24)22(18)16(10-11-30(3,4)5)14-12-28-23(27-2,19(14)21)20(22)25/h6,9-11,14-16,19,26H,7-8,12H2,1-5H3/b11-10+/t14-,15+,16-,19-,21-,22+,23-/m0/s1. The lowest BCUT2D eigenvalue weighted by Crippen LogP contribution is -2.76. The molecule has 1 saturated heterocycles. The Morgan fingerprint density at radius 3 is 2.63 bits per heavy atom. The third-order valence-corrected chi connectivity index (χ3v) is 9.41. The van der Waals surface area contributed by atoms with Crippen LogP contribution in [0.4, 0.5) is 0 Å². The van der Waals surface area contributed by atoms with Gasteiger partial charge in [0.1, 0.15) is 5.60 Å². The van der Waals surface area contributed by atoms with Gasteiger partial charge >= 0.3 is 0 Å². The second-order valence-corrected chi connectivity index (χ2v) is 15.8. The van der Waals surface area contributed by atoms with Gasteiger partial charge in [-0.05, 0) is 30.4 Å². The van der Waals surface area contributed by atoms with Crippen LogP contribution in [0.5, 0.6) is 0 Å². The zero-order chi connectivity index (χ0) is 21.7. The van der Waals surface area contributed by atoms with Crippen LogP contribution in [0.15, 0.2) is 35.1 Å². The Hall–Kier alpha value is -1.38. The molecule has 6 nitrogen and oxygen atoms in total. The van der Waals surface area contributed by atoms with Gasteiger partial charge in [0.25, 0.3) is 0 Å². The molecule has 0 amide bonds. The molecule has 0 aromatic heterocycles. The van der Waals surface area contributed by atoms with Gasteiger partial charge in [0.2, 0.25) is 11.6 Å². The number of fused-ring (bicyclic) bond motifs is 1. The number of rotatable bonds is 4. The minimum atomic E-state index is -1.54. The lowest BCUT2D eigenvalue weighted by molar-refractivity contribution is -0.363. The molecule has 6 rings (SSSR count). The summed E-state index contributed by atoms with van der Waals surface area (Å²) >= 11 is 0. The van der Waals surface area contributed by atoms with Crippen LogP contribution in [0.2, 0.25) is 19.6 Å². The molecule has 4 saturated carbocycles. The van der Waals surface area contributed by atoms with Crippen LogP contribution in [0.25, 0.3) is 0 Å². The first-order chi connectivity index (χ1) is 14.1. The molecule has 7 heteroatoms. The molecule has 0 aromatic rings. The predicted octanol–water partition coefficient (Wildman–Crippen LogP) is 3.32. The molecular weight excluding hydrogens is 400 g/mol. The Kier molecular flexibility index (Phi) is 4.17. The molecule has 5 fully saturated rings. The fourth-order valence-corrected chi connectivity index (χ4v) is 8.00. The molecule has 7 atom stereocenters.